The van der Waals surface area contributed by atoms with E-state index in [0.29, 0.717) is 30.9 Å². The van der Waals surface area contributed by atoms with Crippen LogP contribution in [0.4, 0.5) is 0 Å². The number of ether oxygens (including phenoxy) is 1. The van der Waals surface area contributed by atoms with Crippen LogP contribution in [0.25, 0.3) is 0 Å². The van der Waals surface area contributed by atoms with Crippen molar-refractivity contribution in [2.24, 2.45) is 10.7 Å². The minimum absolute atomic E-state index is 0. The highest BCUT2D eigenvalue weighted by molar-refractivity contribution is 14.0. The van der Waals surface area contributed by atoms with Gasteiger partial charge in [0, 0.05) is 19.3 Å². The van der Waals surface area contributed by atoms with Crippen molar-refractivity contribution in [2.75, 3.05) is 26.3 Å². The van der Waals surface area contributed by atoms with E-state index < -0.39 is 0 Å². The van der Waals surface area contributed by atoms with Gasteiger partial charge in [-0.2, -0.15) is 0 Å². The van der Waals surface area contributed by atoms with E-state index in [9.17, 15) is 0 Å². The fourth-order valence-electron chi connectivity index (χ4n) is 1.56. The number of guanidine groups is 1. The van der Waals surface area contributed by atoms with E-state index in [-0.39, 0.29) is 24.0 Å². The standard InChI is InChI=1S/C11H15ClN4O.HI/c12-10-2-1-9(7-14-10)8-15-11(13)16-3-5-17-6-4-16;/h1-2,7H,3-6,8H2,(H2,13,15);1H. The maximum absolute atomic E-state index is 5.90. The number of halogens is 2. The van der Waals surface area contributed by atoms with Crippen molar-refractivity contribution in [3.63, 3.8) is 0 Å². The molecule has 0 bridgehead atoms. The largest absolute Gasteiger partial charge is 0.378 e. The first-order valence-electron chi connectivity index (χ1n) is 5.49. The van der Waals surface area contributed by atoms with Crippen LogP contribution < -0.4 is 5.73 Å². The van der Waals surface area contributed by atoms with Crippen LogP contribution in [0, 0.1) is 0 Å². The lowest BCUT2D eigenvalue weighted by molar-refractivity contribution is 0.0674. The number of aromatic nitrogens is 1. The Balaban J connectivity index is 0.00000162. The van der Waals surface area contributed by atoms with Crippen LogP contribution in [0.15, 0.2) is 23.3 Å². The van der Waals surface area contributed by atoms with E-state index in [0.717, 1.165) is 18.7 Å². The van der Waals surface area contributed by atoms with Crippen molar-refractivity contribution in [3.8, 4) is 0 Å². The lowest BCUT2D eigenvalue weighted by Gasteiger charge is -2.27. The van der Waals surface area contributed by atoms with Crippen molar-refractivity contribution >= 4 is 41.5 Å². The van der Waals surface area contributed by atoms with E-state index in [1.54, 1.807) is 12.3 Å². The van der Waals surface area contributed by atoms with Gasteiger partial charge in [-0.1, -0.05) is 17.7 Å². The molecule has 0 aromatic carbocycles. The van der Waals surface area contributed by atoms with Crippen LogP contribution in [-0.2, 0) is 11.3 Å². The summed E-state index contributed by atoms with van der Waals surface area (Å²) in [4.78, 5) is 10.3. The molecular formula is C11H16ClIN4O. The number of pyridine rings is 1. The molecule has 0 atom stereocenters. The molecule has 1 fully saturated rings. The average molecular weight is 383 g/mol. The summed E-state index contributed by atoms with van der Waals surface area (Å²) in [5.74, 6) is 0.559. The van der Waals surface area contributed by atoms with Crippen molar-refractivity contribution in [3.05, 3.63) is 29.0 Å². The minimum atomic E-state index is 0. The molecule has 0 amide bonds. The third-order valence-corrected chi connectivity index (χ3v) is 2.77. The molecule has 0 saturated carbocycles. The zero-order valence-corrected chi connectivity index (χ0v) is 13.0. The monoisotopic (exact) mass is 382 g/mol. The molecule has 2 heterocycles. The molecule has 0 aliphatic carbocycles. The molecule has 7 heteroatoms. The molecular weight excluding hydrogens is 367 g/mol. The third-order valence-electron chi connectivity index (χ3n) is 2.55. The summed E-state index contributed by atoms with van der Waals surface area (Å²) in [6.45, 7) is 3.53. The highest BCUT2D eigenvalue weighted by atomic mass is 127. The second-order valence-electron chi connectivity index (χ2n) is 3.76. The Kier molecular flexibility index (Phi) is 6.66. The Bertz CT molecular complexity index is 393. The van der Waals surface area contributed by atoms with Gasteiger partial charge in [0.25, 0.3) is 0 Å². The van der Waals surface area contributed by atoms with Gasteiger partial charge in [0.1, 0.15) is 5.15 Å². The van der Waals surface area contributed by atoms with E-state index in [1.807, 2.05) is 11.0 Å². The Morgan fingerprint density at radius 2 is 2.17 bits per heavy atom. The quantitative estimate of drug-likeness (QED) is 0.364. The molecule has 2 rings (SSSR count). The molecule has 1 aliphatic heterocycles. The van der Waals surface area contributed by atoms with Crippen LogP contribution in [0.2, 0.25) is 5.15 Å². The number of hydrogen-bond donors (Lipinski definition) is 1. The zero-order valence-electron chi connectivity index (χ0n) is 9.88. The molecule has 18 heavy (non-hydrogen) atoms. The fraction of sp³-hybridized carbons (Fsp3) is 0.455. The molecule has 5 nitrogen and oxygen atoms in total. The summed E-state index contributed by atoms with van der Waals surface area (Å²) in [5.41, 5.74) is 6.89. The molecule has 100 valence electrons. The van der Waals surface area contributed by atoms with Gasteiger partial charge in [0.2, 0.25) is 0 Å². The molecule has 1 aromatic rings. The molecule has 1 aliphatic rings. The van der Waals surface area contributed by atoms with Crippen LogP contribution in [0.3, 0.4) is 0 Å². The predicted octanol–water partition coefficient (Wildman–Crippen LogP) is 1.50. The summed E-state index contributed by atoms with van der Waals surface area (Å²) in [6, 6.07) is 3.64. The zero-order chi connectivity index (χ0) is 12.1. The second kappa shape index (κ2) is 7.75. The van der Waals surface area contributed by atoms with Crippen LogP contribution in [-0.4, -0.2) is 42.1 Å². The second-order valence-corrected chi connectivity index (χ2v) is 4.15. The van der Waals surface area contributed by atoms with Crippen LogP contribution in [0.5, 0.6) is 0 Å². The van der Waals surface area contributed by atoms with Gasteiger partial charge < -0.3 is 15.4 Å². The first kappa shape index (κ1) is 15.5. The summed E-state index contributed by atoms with van der Waals surface area (Å²) in [7, 11) is 0. The number of hydrogen-bond acceptors (Lipinski definition) is 3. The van der Waals surface area contributed by atoms with Gasteiger partial charge in [-0.05, 0) is 11.6 Å². The lowest BCUT2D eigenvalue weighted by Crippen LogP contribution is -2.44. The topological polar surface area (TPSA) is 63.7 Å². The third kappa shape index (κ3) is 4.58. The maximum atomic E-state index is 5.90. The summed E-state index contributed by atoms with van der Waals surface area (Å²) < 4.78 is 5.25. The Morgan fingerprint density at radius 3 is 2.78 bits per heavy atom. The predicted molar refractivity (Wildman–Crippen MR) is 82.4 cm³/mol. The minimum Gasteiger partial charge on any atom is -0.378 e. The highest BCUT2D eigenvalue weighted by Gasteiger charge is 2.11. The number of nitrogens with two attached hydrogens (primary N) is 1. The van der Waals surface area contributed by atoms with Gasteiger partial charge in [-0.25, -0.2) is 9.98 Å². The lowest BCUT2D eigenvalue weighted by atomic mass is 10.3. The average Bonchev–Trinajstić information content (AvgIpc) is 2.39. The number of aliphatic imine (C=N–C) groups is 1. The molecule has 2 N–H and O–H groups in total. The van der Waals surface area contributed by atoms with Crippen molar-refractivity contribution < 1.29 is 4.74 Å². The van der Waals surface area contributed by atoms with Gasteiger partial charge >= 0.3 is 0 Å². The fourth-order valence-corrected chi connectivity index (χ4v) is 1.68. The van der Waals surface area contributed by atoms with Gasteiger partial charge in [-0.15, -0.1) is 24.0 Å². The first-order valence-corrected chi connectivity index (χ1v) is 5.86. The van der Waals surface area contributed by atoms with Crippen molar-refractivity contribution in [1.82, 2.24) is 9.88 Å². The van der Waals surface area contributed by atoms with Crippen molar-refractivity contribution in [1.29, 1.82) is 0 Å². The van der Waals surface area contributed by atoms with E-state index in [4.69, 9.17) is 22.1 Å². The summed E-state index contributed by atoms with van der Waals surface area (Å²) in [6.07, 6.45) is 1.71. The molecule has 1 aromatic heterocycles. The number of morpholine rings is 1. The van der Waals surface area contributed by atoms with Crippen LogP contribution >= 0.6 is 35.6 Å². The van der Waals surface area contributed by atoms with Crippen molar-refractivity contribution in [2.45, 2.75) is 6.54 Å². The molecule has 0 radical (unpaired) electrons. The highest BCUT2D eigenvalue weighted by Crippen LogP contribution is 2.06. The van der Waals surface area contributed by atoms with E-state index >= 15 is 0 Å². The van der Waals surface area contributed by atoms with Crippen LogP contribution in [0.1, 0.15) is 5.56 Å². The van der Waals surface area contributed by atoms with Gasteiger partial charge in [-0.3, -0.25) is 0 Å². The molecule has 0 spiro atoms. The van der Waals surface area contributed by atoms with Gasteiger partial charge in [0.05, 0.1) is 19.8 Å². The Hall–Kier alpha value is -0.600. The van der Waals surface area contributed by atoms with E-state index in [1.165, 1.54) is 0 Å². The summed E-state index contributed by atoms with van der Waals surface area (Å²) in [5, 5.41) is 0.485. The first-order chi connectivity index (χ1) is 8.25. The normalized spacial score (nSPS) is 16.3. The number of rotatable bonds is 2. The molecule has 1 saturated heterocycles. The molecule has 0 unspecified atom stereocenters. The SMILES string of the molecule is I.NC(=NCc1ccc(Cl)nc1)N1CCOCC1. The van der Waals surface area contributed by atoms with Gasteiger partial charge in [0.15, 0.2) is 5.96 Å². The summed E-state index contributed by atoms with van der Waals surface area (Å²) >= 11 is 5.70. The maximum Gasteiger partial charge on any atom is 0.191 e. The van der Waals surface area contributed by atoms with E-state index in [2.05, 4.69) is 9.98 Å². The number of nitrogens with zero attached hydrogens (tertiary/aromatic N) is 3. The Morgan fingerprint density at radius 1 is 1.44 bits per heavy atom. The smallest absolute Gasteiger partial charge is 0.191 e. The Labute approximate surface area is 128 Å².